The first kappa shape index (κ1) is 20.6. The molecule has 0 fully saturated rings. The fourth-order valence-electron chi connectivity index (χ4n) is 3.70. The molecule has 0 saturated carbocycles. The molecule has 5 rings (SSSR count). The molecule has 5 aromatic rings. The molecule has 0 saturated heterocycles. The fraction of sp³-hybridized carbons (Fsp3) is 0.0800. The summed E-state index contributed by atoms with van der Waals surface area (Å²) in [6.07, 6.45) is 1.46. The summed E-state index contributed by atoms with van der Waals surface area (Å²) in [7, 11) is 0. The minimum atomic E-state index is -0.715. The average Bonchev–Trinajstić information content (AvgIpc) is 3.25. The highest BCUT2D eigenvalue weighted by Gasteiger charge is 2.20. The van der Waals surface area contributed by atoms with Crippen molar-refractivity contribution in [2.75, 3.05) is 5.32 Å². The summed E-state index contributed by atoms with van der Waals surface area (Å²) in [6, 6.07) is 20.9. The van der Waals surface area contributed by atoms with Crippen LogP contribution in [0.4, 0.5) is 5.69 Å². The van der Waals surface area contributed by atoms with Crippen molar-refractivity contribution in [2.45, 2.75) is 13.0 Å². The first-order valence-electron chi connectivity index (χ1n) is 10.1. The smallest absolute Gasteiger partial charge is 0.263 e. The van der Waals surface area contributed by atoms with Gasteiger partial charge in [0.1, 0.15) is 10.9 Å². The van der Waals surface area contributed by atoms with Crippen LogP contribution in [0.3, 0.4) is 0 Å². The molecule has 0 aliphatic carbocycles. The average molecular weight is 504 g/mol. The maximum absolute atomic E-state index is 13.4. The van der Waals surface area contributed by atoms with Crippen molar-refractivity contribution >= 4 is 59.9 Å². The van der Waals surface area contributed by atoms with E-state index >= 15 is 0 Å². The van der Waals surface area contributed by atoms with Gasteiger partial charge in [-0.2, -0.15) is 0 Å². The molecule has 1 amide bonds. The topological polar surface area (TPSA) is 64.0 Å². The summed E-state index contributed by atoms with van der Waals surface area (Å²) in [4.78, 5) is 31.4. The van der Waals surface area contributed by atoms with E-state index in [1.165, 1.54) is 22.2 Å². The number of rotatable bonds is 4. The van der Waals surface area contributed by atoms with Crippen molar-refractivity contribution in [2.24, 2.45) is 0 Å². The summed E-state index contributed by atoms with van der Waals surface area (Å²) in [5, 5.41) is 7.61. The number of hydrogen-bond acceptors (Lipinski definition) is 4. The molecule has 0 radical (unpaired) electrons. The lowest BCUT2D eigenvalue weighted by Gasteiger charge is -2.15. The molecule has 1 atom stereocenters. The molecule has 2 heterocycles. The van der Waals surface area contributed by atoms with Gasteiger partial charge in [-0.3, -0.25) is 14.2 Å². The molecule has 1 N–H and O–H groups in total. The van der Waals surface area contributed by atoms with Gasteiger partial charge in [-0.25, -0.2) is 4.98 Å². The Balaban J connectivity index is 1.53. The standard InChI is InChI=1S/C25H18BrN3O2S/c1-15(23(30)28-20-10-8-19(26)9-11-20)29-14-27-24-22(25(29)31)21(13-32-24)18-7-6-16-4-2-3-5-17(16)12-18/h2-15H,1H3,(H,28,30). The van der Waals surface area contributed by atoms with Crippen molar-refractivity contribution in [1.82, 2.24) is 9.55 Å². The number of benzene rings is 3. The van der Waals surface area contributed by atoms with Crippen LogP contribution < -0.4 is 10.9 Å². The van der Waals surface area contributed by atoms with Gasteiger partial charge in [0.15, 0.2) is 0 Å². The van der Waals surface area contributed by atoms with Crippen LogP contribution in [0.25, 0.3) is 32.1 Å². The van der Waals surface area contributed by atoms with Crippen LogP contribution in [0, 0.1) is 0 Å². The maximum Gasteiger partial charge on any atom is 0.263 e. The Hall–Kier alpha value is -3.29. The molecule has 2 aromatic heterocycles. The number of nitrogens with one attached hydrogen (secondary N) is 1. The van der Waals surface area contributed by atoms with E-state index < -0.39 is 6.04 Å². The Morgan fingerprint density at radius 3 is 2.59 bits per heavy atom. The number of fused-ring (bicyclic) bond motifs is 2. The van der Waals surface area contributed by atoms with Crippen molar-refractivity contribution in [1.29, 1.82) is 0 Å². The van der Waals surface area contributed by atoms with E-state index in [0.29, 0.717) is 15.9 Å². The van der Waals surface area contributed by atoms with E-state index in [-0.39, 0.29) is 11.5 Å². The molecule has 3 aromatic carbocycles. The number of carbonyl (C=O) groups excluding carboxylic acids is 1. The quantitative estimate of drug-likeness (QED) is 0.315. The van der Waals surface area contributed by atoms with Gasteiger partial charge in [0, 0.05) is 21.1 Å². The van der Waals surface area contributed by atoms with Crippen LogP contribution in [-0.2, 0) is 4.79 Å². The van der Waals surface area contributed by atoms with E-state index in [1.807, 2.05) is 35.7 Å². The molecule has 7 heteroatoms. The number of halogens is 1. The second-order valence-electron chi connectivity index (χ2n) is 7.52. The first-order valence-corrected chi connectivity index (χ1v) is 11.7. The summed E-state index contributed by atoms with van der Waals surface area (Å²) in [6.45, 7) is 1.70. The summed E-state index contributed by atoms with van der Waals surface area (Å²) >= 11 is 4.81. The van der Waals surface area contributed by atoms with Gasteiger partial charge in [-0.15, -0.1) is 11.3 Å². The molecule has 5 nitrogen and oxygen atoms in total. The third kappa shape index (κ3) is 3.74. The Bertz CT molecular complexity index is 1520. The predicted octanol–water partition coefficient (Wildman–Crippen LogP) is 6.24. The monoisotopic (exact) mass is 503 g/mol. The highest BCUT2D eigenvalue weighted by molar-refractivity contribution is 9.10. The number of carbonyl (C=O) groups is 1. The Morgan fingerprint density at radius 1 is 1.06 bits per heavy atom. The maximum atomic E-state index is 13.4. The zero-order chi connectivity index (χ0) is 22.2. The minimum Gasteiger partial charge on any atom is -0.324 e. The lowest BCUT2D eigenvalue weighted by atomic mass is 10.0. The first-order chi connectivity index (χ1) is 15.5. The summed E-state index contributed by atoms with van der Waals surface area (Å²) < 4.78 is 2.32. The molecule has 0 bridgehead atoms. The largest absolute Gasteiger partial charge is 0.324 e. The van der Waals surface area contributed by atoms with E-state index in [4.69, 9.17) is 0 Å². The van der Waals surface area contributed by atoms with Gasteiger partial charge in [-0.1, -0.05) is 52.3 Å². The van der Waals surface area contributed by atoms with Crippen LogP contribution in [-0.4, -0.2) is 15.5 Å². The second kappa shape index (κ2) is 8.33. The highest BCUT2D eigenvalue weighted by Crippen LogP contribution is 2.32. The third-order valence-corrected chi connectivity index (χ3v) is 6.90. The molecule has 32 heavy (non-hydrogen) atoms. The Labute approximate surface area is 196 Å². The van der Waals surface area contributed by atoms with Crippen molar-refractivity contribution < 1.29 is 4.79 Å². The predicted molar refractivity (Wildman–Crippen MR) is 134 cm³/mol. The second-order valence-corrected chi connectivity index (χ2v) is 9.29. The molecule has 0 aliphatic heterocycles. The molecular weight excluding hydrogens is 486 g/mol. The van der Waals surface area contributed by atoms with Crippen molar-refractivity contribution in [3.05, 3.63) is 93.3 Å². The minimum absolute atomic E-state index is 0.224. The van der Waals surface area contributed by atoms with Crippen molar-refractivity contribution in [3.63, 3.8) is 0 Å². The third-order valence-electron chi connectivity index (χ3n) is 5.49. The zero-order valence-corrected chi connectivity index (χ0v) is 19.5. The summed E-state index contributed by atoms with van der Waals surface area (Å²) in [5.41, 5.74) is 2.24. The number of aromatic nitrogens is 2. The number of thiophene rings is 1. The van der Waals surface area contributed by atoms with Crippen LogP contribution in [0.1, 0.15) is 13.0 Å². The zero-order valence-electron chi connectivity index (χ0n) is 17.1. The normalized spacial score (nSPS) is 12.2. The van der Waals surface area contributed by atoms with E-state index in [9.17, 15) is 9.59 Å². The van der Waals surface area contributed by atoms with Crippen molar-refractivity contribution in [3.8, 4) is 11.1 Å². The number of hydrogen-bond donors (Lipinski definition) is 1. The number of amides is 1. The Kier molecular flexibility index (Phi) is 5.36. The van der Waals surface area contributed by atoms with Gasteiger partial charge >= 0.3 is 0 Å². The van der Waals surface area contributed by atoms with Crippen LogP contribution >= 0.6 is 27.3 Å². The Morgan fingerprint density at radius 2 is 1.81 bits per heavy atom. The van der Waals surface area contributed by atoms with Gasteiger partial charge in [0.05, 0.1) is 11.7 Å². The highest BCUT2D eigenvalue weighted by atomic mass is 79.9. The summed E-state index contributed by atoms with van der Waals surface area (Å²) in [5.74, 6) is -0.280. The van der Waals surface area contributed by atoms with Crippen LogP contribution in [0.5, 0.6) is 0 Å². The lowest BCUT2D eigenvalue weighted by molar-refractivity contribution is -0.118. The number of anilines is 1. The van der Waals surface area contributed by atoms with Crippen LogP contribution in [0.2, 0.25) is 0 Å². The van der Waals surface area contributed by atoms with Gasteiger partial charge < -0.3 is 5.32 Å². The molecule has 0 aliphatic rings. The van der Waals surface area contributed by atoms with Crippen LogP contribution in [0.15, 0.2) is 87.7 Å². The SMILES string of the molecule is CC(C(=O)Nc1ccc(Br)cc1)n1cnc2scc(-c3ccc4ccccc4c3)c2c1=O. The molecule has 0 spiro atoms. The van der Waals surface area contributed by atoms with Gasteiger partial charge in [0.2, 0.25) is 5.91 Å². The van der Waals surface area contributed by atoms with E-state index in [2.05, 4.69) is 50.5 Å². The fourth-order valence-corrected chi connectivity index (χ4v) is 4.87. The van der Waals surface area contributed by atoms with Gasteiger partial charge in [-0.05, 0) is 53.6 Å². The molecular formula is C25H18BrN3O2S. The molecule has 158 valence electrons. The number of nitrogens with zero attached hydrogens (tertiary/aromatic N) is 2. The lowest BCUT2D eigenvalue weighted by Crippen LogP contribution is -2.31. The molecule has 1 unspecified atom stereocenters. The van der Waals surface area contributed by atoms with E-state index in [0.717, 1.165) is 26.4 Å². The van der Waals surface area contributed by atoms with E-state index in [1.54, 1.807) is 19.1 Å². The van der Waals surface area contributed by atoms with Gasteiger partial charge in [0.25, 0.3) is 5.56 Å².